The van der Waals surface area contributed by atoms with Gasteiger partial charge in [-0.1, -0.05) is 26.2 Å². The van der Waals surface area contributed by atoms with E-state index >= 15 is 0 Å². The maximum Gasteiger partial charge on any atom is 0.326 e. The number of hydrogen-bond acceptors (Lipinski definition) is 2. The first-order valence-corrected chi connectivity index (χ1v) is 6.15. The van der Waals surface area contributed by atoms with Crippen molar-refractivity contribution in [2.75, 3.05) is 0 Å². The molecule has 0 spiro atoms. The average Bonchev–Trinajstić information content (AvgIpc) is 2.27. The van der Waals surface area contributed by atoms with Crippen LogP contribution in [0.3, 0.4) is 0 Å². The van der Waals surface area contributed by atoms with Crippen LogP contribution in [0.2, 0.25) is 0 Å². The molecule has 0 bridgehead atoms. The molecule has 1 aliphatic rings. The molecule has 0 radical (unpaired) electrons. The van der Waals surface area contributed by atoms with Gasteiger partial charge in [-0.05, 0) is 25.2 Å². The van der Waals surface area contributed by atoms with E-state index in [1.807, 2.05) is 0 Å². The lowest BCUT2D eigenvalue weighted by atomic mass is 9.87. The number of hydrogen-bond donors (Lipinski definition) is 2. The molecule has 2 N–H and O–H groups in total. The highest BCUT2D eigenvalue weighted by Crippen LogP contribution is 2.26. The number of carboxylic acid groups (broad SMARTS) is 1. The van der Waals surface area contributed by atoms with Crippen molar-refractivity contribution >= 4 is 11.9 Å². The van der Waals surface area contributed by atoms with Gasteiger partial charge >= 0.3 is 5.97 Å². The number of amides is 1. The van der Waals surface area contributed by atoms with E-state index < -0.39 is 12.0 Å². The molecule has 0 aromatic carbocycles. The Morgan fingerprint density at radius 2 is 1.94 bits per heavy atom. The first-order chi connectivity index (χ1) is 7.63. The minimum Gasteiger partial charge on any atom is -0.480 e. The Kier molecular flexibility index (Phi) is 5.29. The Bertz CT molecular complexity index is 247. The Morgan fingerprint density at radius 3 is 2.44 bits per heavy atom. The van der Waals surface area contributed by atoms with Gasteiger partial charge in [-0.25, -0.2) is 4.79 Å². The summed E-state index contributed by atoms with van der Waals surface area (Å²) in [7, 11) is 0. The maximum atomic E-state index is 11.6. The number of rotatable bonds is 5. The third-order valence-corrected chi connectivity index (χ3v) is 3.24. The standard InChI is InChI=1S/C12H21NO3/c1-2-10(12(15)16)13-11(14)8-9-6-4-3-5-7-9/h9-10H,2-8H2,1H3,(H,13,14)(H,15,16)/t10-/m0/s1. The van der Waals surface area contributed by atoms with E-state index in [0.717, 1.165) is 12.8 Å². The summed E-state index contributed by atoms with van der Waals surface area (Å²) >= 11 is 0. The Labute approximate surface area is 96.4 Å². The lowest BCUT2D eigenvalue weighted by Gasteiger charge is -2.21. The van der Waals surface area contributed by atoms with Gasteiger partial charge in [0.15, 0.2) is 0 Å². The molecular weight excluding hydrogens is 206 g/mol. The van der Waals surface area contributed by atoms with Gasteiger partial charge in [0.05, 0.1) is 0 Å². The molecule has 4 nitrogen and oxygen atoms in total. The minimum absolute atomic E-state index is 0.110. The van der Waals surface area contributed by atoms with E-state index in [-0.39, 0.29) is 5.91 Å². The molecule has 0 heterocycles. The van der Waals surface area contributed by atoms with Crippen molar-refractivity contribution in [3.05, 3.63) is 0 Å². The molecule has 1 amide bonds. The number of carbonyl (C=O) groups is 2. The van der Waals surface area contributed by atoms with Crippen LogP contribution in [0, 0.1) is 5.92 Å². The normalized spacial score (nSPS) is 19.1. The SMILES string of the molecule is CC[C@H](NC(=O)CC1CCCCC1)C(=O)O. The largest absolute Gasteiger partial charge is 0.480 e. The highest BCUT2D eigenvalue weighted by Gasteiger charge is 2.21. The van der Waals surface area contributed by atoms with Crippen molar-refractivity contribution in [2.45, 2.75) is 57.9 Å². The van der Waals surface area contributed by atoms with E-state index in [1.54, 1.807) is 6.92 Å². The van der Waals surface area contributed by atoms with Crippen LogP contribution in [0.25, 0.3) is 0 Å². The second-order valence-corrected chi connectivity index (χ2v) is 4.57. The Hall–Kier alpha value is -1.06. The van der Waals surface area contributed by atoms with Crippen LogP contribution in [0.5, 0.6) is 0 Å². The van der Waals surface area contributed by atoms with Crippen LogP contribution in [0.15, 0.2) is 0 Å². The van der Waals surface area contributed by atoms with Gasteiger partial charge in [0.25, 0.3) is 0 Å². The van der Waals surface area contributed by atoms with Gasteiger partial charge in [0.1, 0.15) is 6.04 Å². The van der Waals surface area contributed by atoms with Crippen LogP contribution >= 0.6 is 0 Å². The molecule has 0 unspecified atom stereocenters. The maximum absolute atomic E-state index is 11.6. The van der Waals surface area contributed by atoms with Crippen molar-refractivity contribution in [1.29, 1.82) is 0 Å². The number of aliphatic carboxylic acids is 1. The van der Waals surface area contributed by atoms with E-state index in [2.05, 4.69) is 5.32 Å². The average molecular weight is 227 g/mol. The summed E-state index contributed by atoms with van der Waals surface area (Å²) in [5.41, 5.74) is 0. The summed E-state index contributed by atoms with van der Waals surface area (Å²) in [5, 5.41) is 11.4. The van der Waals surface area contributed by atoms with E-state index in [1.165, 1.54) is 19.3 Å². The van der Waals surface area contributed by atoms with Crippen molar-refractivity contribution in [3.63, 3.8) is 0 Å². The summed E-state index contributed by atoms with van der Waals surface area (Å²) in [6, 6.07) is -0.726. The molecule has 1 saturated carbocycles. The van der Waals surface area contributed by atoms with E-state index in [0.29, 0.717) is 18.8 Å². The lowest BCUT2D eigenvalue weighted by Crippen LogP contribution is -2.40. The fourth-order valence-electron chi connectivity index (χ4n) is 2.25. The lowest BCUT2D eigenvalue weighted by molar-refractivity contribution is -0.142. The number of carbonyl (C=O) groups excluding carboxylic acids is 1. The second kappa shape index (κ2) is 6.51. The van der Waals surface area contributed by atoms with E-state index in [9.17, 15) is 9.59 Å². The zero-order valence-electron chi connectivity index (χ0n) is 9.87. The molecule has 1 rings (SSSR count). The van der Waals surface area contributed by atoms with Crippen molar-refractivity contribution in [3.8, 4) is 0 Å². The minimum atomic E-state index is -0.945. The zero-order chi connectivity index (χ0) is 12.0. The van der Waals surface area contributed by atoms with Gasteiger partial charge in [-0.3, -0.25) is 4.79 Å². The van der Waals surface area contributed by atoms with Crippen LogP contribution in [-0.2, 0) is 9.59 Å². The quantitative estimate of drug-likeness (QED) is 0.754. The van der Waals surface area contributed by atoms with Crippen molar-refractivity contribution in [2.24, 2.45) is 5.92 Å². The molecular formula is C12H21NO3. The summed E-state index contributed by atoms with van der Waals surface area (Å²) in [4.78, 5) is 22.4. The Balaban J connectivity index is 2.31. The van der Waals surface area contributed by atoms with E-state index in [4.69, 9.17) is 5.11 Å². The molecule has 1 atom stereocenters. The summed E-state index contributed by atoms with van der Waals surface area (Å²) in [5.74, 6) is -0.597. The van der Waals surface area contributed by atoms with Gasteiger partial charge in [0, 0.05) is 6.42 Å². The van der Waals surface area contributed by atoms with Crippen LogP contribution in [0.1, 0.15) is 51.9 Å². The predicted octanol–water partition coefficient (Wildman–Crippen LogP) is 1.94. The molecule has 1 aliphatic carbocycles. The monoisotopic (exact) mass is 227 g/mol. The molecule has 0 aliphatic heterocycles. The van der Waals surface area contributed by atoms with Gasteiger partial charge in [-0.15, -0.1) is 0 Å². The molecule has 0 aromatic heterocycles. The molecule has 1 fully saturated rings. The van der Waals surface area contributed by atoms with Crippen LogP contribution in [-0.4, -0.2) is 23.0 Å². The predicted molar refractivity (Wildman–Crippen MR) is 61.0 cm³/mol. The van der Waals surface area contributed by atoms with Crippen LogP contribution in [0.4, 0.5) is 0 Å². The third kappa shape index (κ3) is 4.21. The molecule has 92 valence electrons. The highest BCUT2D eigenvalue weighted by molar-refractivity contribution is 5.83. The Morgan fingerprint density at radius 1 is 1.31 bits per heavy atom. The van der Waals surface area contributed by atoms with Gasteiger partial charge in [0.2, 0.25) is 5.91 Å². The van der Waals surface area contributed by atoms with Crippen LogP contribution < -0.4 is 5.32 Å². The summed E-state index contributed by atoms with van der Waals surface area (Å²) < 4.78 is 0. The first-order valence-electron chi connectivity index (χ1n) is 6.15. The fourth-order valence-corrected chi connectivity index (χ4v) is 2.25. The molecule has 0 saturated heterocycles. The molecule has 16 heavy (non-hydrogen) atoms. The fraction of sp³-hybridized carbons (Fsp3) is 0.833. The molecule has 0 aromatic rings. The summed E-state index contributed by atoms with van der Waals surface area (Å²) in [6.07, 6.45) is 6.82. The third-order valence-electron chi connectivity index (χ3n) is 3.24. The van der Waals surface area contributed by atoms with Crippen molar-refractivity contribution < 1.29 is 14.7 Å². The number of nitrogens with one attached hydrogen (secondary N) is 1. The van der Waals surface area contributed by atoms with Gasteiger partial charge < -0.3 is 10.4 Å². The topological polar surface area (TPSA) is 66.4 Å². The zero-order valence-corrected chi connectivity index (χ0v) is 9.87. The molecule has 4 heteroatoms. The van der Waals surface area contributed by atoms with Gasteiger partial charge in [-0.2, -0.15) is 0 Å². The highest BCUT2D eigenvalue weighted by atomic mass is 16.4. The van der Waals surface area contributed by atoms with Crippen molar-refractivity contribution in [1.82, 2.24) is 5.32 Å². The second-order valence-electron chi connectivity index (χ2n) is 4.57. The first kappa shape index (κ1) is 13.0. The smallest absolute Gasteiger partial charge is 0.326 e. The number of carboxylic acids is 1. The summed E-state index contributed by atoms with van der Waals surface area (Å²) in [6.45, 7) is 1.76.